The summed E-state index contributed by atoms with van der Waals surface area (Å²) < 4.78 is 0. The van der Waals surface area contributed by atoms with Crippen LogP contribution in [0.1, 0.15) is 84.5 Å². The maximum atomic E-state index is 3.88. The van der Waals surface area contributed by atoms with E-state index in [0.717, 1.165) is 12.1 Å². The van der Waals surface area contributed by atoms with Crippen LogP contribution in [0.3, 0.4) is 0 Å². The first-order valence-corrected chi connectivity index (χ1v) is 7.62. The van der Waals surface area contributed by atoms with Crippen molar-refractivity contribution in [3.8, 4) is 0 Å². The molecule has 0 aromatic heterocycles. The minimum atomic E-state index is 0.792. The van der Waals surface area contributed by atoms with Crippen LogP contribution in [-0.2, 0) is 0 Å². The topological polar surface area (TPSA) is 12.0 Å². The normalized spacial score (nSPS) is 19.9. The fourth-order valence-corrected chi connectivity index (χ4v) is 2.83. The highest BCUT2D eigenvalue weighted by Crippen LogP contribution is 2.19. The Morgan fingerprint density at radius 2 is 1.75 bits per heavy atom. The van der Waals surface area contributed by atoms with Gasteiger partial charge in [0.15, 0.2) is 0 Å². The second-order valence-corrected chi connectivity index (χ2v) is 5.46. The van der Waals surface area contributed by atoms with Gasteiger partial charge < -0.3 is 5.32 Å². The van der Waals surface area contributed by atoms with E-state index in [9.17, 15) is 0 Å². The first-order valence-electron chi connectivity index (χ1n) is 7.62. The molecule has 1 aliphatic carbocycles. The minimum absolute atomic E-state index is 0.792. The fourth-order valence-electron chi connectivity index (χ4n) is 2.83. The summed E-state index contributed by atoms with van der Waals surface area (Å²) in [5, 5.41) is 3.88. The Bertz CT molecular complexity index is 150. The molecule has 1 unspecified atom stereocenters. The van der Waals surface area contributed by atoms with E-state index in [1.807, 2.05) is 0 Å². The molecule has 0 amide bonds. The predicted octanol–water partition coefficient (Wildman–Crippen LogP) is 4.66. The fraction of sp³-hybridized carbons (Fsp3) is 1.00. The molecule has 1 saturated carbocycles. The highest BCUT2D eigenvalue weighted by atomic mass is 14.9. The molecule has 1 nitrogen and oxygen atoms in total. The van der Waals surface area contributed by atoms with Crippen molar-refractivity contribution in [1.82, 2.24) is 5.32 Å². The number of unbranched alkanes of at least 4 members (excludes halogenated alkanes) is 3. The van der Waals surface area contributed by atoms with Crippen LogP contribution in [0, 0.1) is 0 Å². The van der Waals surface area contributed by atoms with Crippen LogP contribution in [0.15, 0.2) is 0 Å². The lowest BCUT2D eigenvalue weighted by Crippen LogP contribution is -2.39. The summed E-state index contributed by atoms with van der Waals surface area (Å²) >= 11 is 0. The van der Waals surface area contributed by atoms with Crippen LogP contribution in [0.4, 0.5) is 0 Å². The lowest BCUT2D eigenvalue weighted by molar-refractivity contribution is 0.318. The van der Waals surface area contributed by atoms with Gasteiger partial charge in [-0.3, -0.25) is 0 Å². The summed E-state index contributed by atoms with van der Waals surface area (Å²) in [6.45, 7) is 4.62. The Kier molecular flexibility index (Phi) is 7.92. The monoisotopic (exact) mass is 225 g/mol. The highest BCUT2D eigenvalue weighted by molar-refractivity contribution is 4.76. The Balaban J connectivity index is 2.09. The van der Waals surface area contributed by atoms with Gasteiger partial charge in [0.05, 0.1) is 0 Å². The zero-order valence-corrected chi connectivity index (χ0v) is 11.4. The summed E-state index contributed by atoms with van der Waals surface area (Å²) in [5.74, 6) is 0. The van der Waals surface area contributed by atoms with Crippen LogP contribution < -0.4 is 5.32 Å². The molecule has 0 heterocycles. The molecule has 1 atom stereocenters. The summed E-state index contributed by atoms with van der Waals surface area (Å²) in [4.78, 5) is 0. The van der Waals surface area contributed by atoms with Gasteiger partial charge in [0.2, 0.25) is 0 Å². The molecule has 1 fully saturated rings. The maximum Gasteiger partial charge on any atom is 0.00696 e. The molecule has 0 aromatic carbocycles. The van der Waals surface area contributed by atoms with Gasteiger partial charge in [0, 0.05) is 12.1 Å². The first kappa shape index (κ1) is 14.0. The van der Waals surface area contributed by atoms with Crippen LogP contribution in [0.5, 0.6) is 0 Å². The van der Waals surface area contributed by atoms with Crippen molar-refractivity contribution < 1.29 is 0 Å². The van der Waals surface area contributed by atoms with Crippen LogP contribution >= 0.6 is 0 Å². The van der Waals surface area contributed by atoms with E-state index in [4.69, 9.17) is 0 Å². The van der Waals surface area contributed by atoms with E-state index in [2.05, 4.69) is 19.2 Å². The third kappa shape index (κ3) is 5.89. The standard InChI is InChI=1S/C15H31N/c1-3-5-6-8-11-14(4-2)16-15-12-9-7-10-13-15/h14-16H,3-13H2,1-2H3. The molecule has 0 radical (unpaired) electrons. The van der Waals surface area contributed by atoms with Gasteiger partial charge in [-0.25, -0.2) is 0 Å². The average molecular weight is 225 g/mol. The lowest BCUT2D eigenvalue weighted by Gasteiger charge is -2.28. The third-order valence-electron chi connectivity index (χ3n) is 3.98. The van der Waals surface area contributed by atoms with Gasteiger partial charge in [0.25, 0.3) is 0 Å². The molecule has 1 rings (SSSR count). The van der Waals surface area contributed by atoms with Gasteiger partial charge in [-0.1, -0.05) is 58.8 Å². The minimum Gasteiger partial charge on any atom is -0.311 e. The van der Waals surface area contributed by atoms with Gasteiger partial charge in [0.1, 0.15) is 0 Å². The van der Waals surface area contributed by atoms with E-state index >= 15 is 0 Å². The number of hydrogen-bond donors (Lipinski definition) is 1. The van der Waals surface area contributed by atoms with Crippen molar-refractivity contribution in [1.29, 1.82) is 0 Å². The molecule has 0 spiro atoms. The molecule has 96 valence electrons. The average Bonchev–Trinajstić information content (AvgIpc) is 2.34. The molecule has 0 bridgehead atoms. The van der Waals surface area contributed by atoms with Gasteiger partial charge >= 0.3 is 0 Å². The molecule has 1 N–H and O–H groups in total. The van der Waals surface area contributed by atoms with E-state index in [1.54, 1.807) is 0 Å². The number of rotatable bonds is 8. The molecule has 0 saturated heterocycles. The van der Waals surface area contributed by atoms with Crippen molar-refractivity contribution >= 4 is 0 Å². The van der Waals surface area contributed by atoms with Crippen molar-refractivity contribution in [3.63, 3.8) is 0 Å². The van der Waals surface area contributed by atoms with Crippen molar-refractivity contribution in [2.45, 2.75) is 96.6 Å². The van der Waals surface area contributed by atoms with Crippen LogP contribution in [0.25, 0.3) is 0 Å². The van der Waals surface area contributed by atoms with Crippen molar-refractivity contribution in [2.24, 2.45) is 0 Å². The summed E-state index contributed by atoms with van der Waals surface area (Å²) in [5.41, 5.74) is 0. The van der Waals surface area contributed by atoms with Crippen molar-refractivity contribution in [2.75, 3.05) is 0 Å². The molecular formula is C15H31N. The third-order valence-corrected chi connectivity index (χ3v) is 3.98. The second-order valence-electron chi connectivity index (χ2n) is 5.46. The quantitative estimate of drug-likeness (QED) is 0.593. The largest absolute Gasteiger partial charge is 0.311 e. The van der Waals surface area contributed by atoms with E-state index in [0.29, 0.717) is 0 Å². The zero-order chi connectivity index (χ0) is 11.6. The highest BCUT2D eigenvalue weighted by Gasteiger charge is 2.16. The first-order chi connectivity index (χ1) is 7.86. The van der Waals surface area contributed by atoms with Gasteiger partial charge in [-0.15, -0.1) is 0 Å². The molecular weight excluding hydrogens is 194 g/mol. The van der Waals surface area contributed by atoms with E-state index < -0.39 is 0 Å². The molecule has 16 heavy (non-hydrogen) atoms. The Morgan fingerprint density at radius 1 is 1.00 bits per heavy atom. The zero-order valence-electron chi connectivity index (χ0n) is 11.4. The Morgan fingerprint density at radius 3 is 2.38 bits per heavy atom. The number of nitrogens with one attached hydrogen (secondary N) is 1. The second kappa shape index (κ2) is 9.04. The smallest absolute Gasteiger partial charge is 0.00696 e. The lowest BCUT2D eigenvalue weighted by atomic mass is 9.94. The summed E-state index contributed by atoms with van der Waals surface area (Å²) in [6.07, 6.45) is 15.5. The summed E-state index contributed by atoms with van der Waals surface area (Å²) in [6, 6.07) is 1.63. The Hall–Kier alpha value is -0.0400. The molecule has 1 heteroatoms. The van der Waals surface area contributed by atoms with E-state index in [-0.39, 0.29) is 0 Å². The van der Waals surface area contributed by atoms with Gasteiger partial charge in [-0.05, 0) is 25.7 Å². The predicted molar refractivity (Wildman–Crippen MR) is 72.8 cm³/mol. The summed E-state index contributed by atoms with van der Waals surface area (Å²) in [7, 11) is 0. The van der Waals surface area contributed by atoms with Crippen molar-refractivity contribution in [3.05, 3.63) is 0 Å². The van der Waals surface area contributed by atoms with Gasteiger partial charge in [-0.2, -0.15) is 0 Å². The molecule has 0 aliphatic heterocycles. The SMILES string of the molecule is CCCCCCC(CC)NC1CCCCC1. The molecule has 1 aliphatic rings. The van der Waals surface area contributed by atoms with Crippen LogP contribution in [0.2, 0.25) is 0 Å². The molecule has 0 aromatic rings. The van der Waals surface area contributed by atoms with Crippen LogP contribution in [-0.4, -0.2) is 12.1 Å². The van der Waals surface area contributed by atoms with E-state index in [1.165, 1.54) is 70.6 Å². The Labute approximate surface area is 102 Å². The number of hydrogen-bond acceptors (Lipinski definition) is 1. The maximum absolute atomic E-state index is 3.88.